The van der Waals surface area contributed by atoms with Crippen LogP contribution in [0.25, 0.3) is 32.9 Å². The number of ether oxygens (including phenoxy) is 2. The van der Waals surface area contributed by atoms with E-state index in [1.165, 1.54) is 19.2 Å². The number of halogens is 3. The van der Waals surface area contributed by atoms with Crippen LogP contribution in [-0.4, -0.2) is 83.5 Å². The summed E-state index contributed by atoms with van der Waals surface area (Å²) in [5, 5.41) is 13.9. The molecule has 7 rings (SSSR count). The van der Waals surface area contributed by atoms with Gasteiger partial charge in [-0.05, 0) is 62.4 Å². The number of nitrogens with zero attached hydrogens (tertiary/aromatic N) is 5. The maximum atomic E-state index is 16.6. The summed E-state index contributed by atoms with van der Waals surface area (Å²) >= 11 is 0. The Bertz CT molecular complexity index is 1690. The number of piperazine rings is 1. The van der Waals surface area contributed by atoms with Crippen LogP contribution in [0.1, 0.15) is 25.7 Å². The minimum absolute atomic E-state index is 0.0196. The van der Waals surface area contributed by atoms with Gasteiger partial charge in [0.05, 0.1) is 12.6 Å². The number of fused-ring (bicyclic) bond motifs is 3. The molecule has 0 radical (unpaired) electrons. The molecule has 0 amide bonds. The van der Waals surface area contributed by atoms with E-state index in [2.05, 4.69) is 20.2 Å². The molecule has 3 aliphatic rings. The van der Waals surface area contributed by atoms with E-state index >= 15 is 8.78 Å². The second kappa shape index (κ2) is 10.4. The van der Waals surface area contributed by atoms with E-state index in [0.717, 1.165) is 50.9 Å². The Kier molecular flexibility index (Phi) is 6.69. The summed E-state index contributed by atoms with van der Waals surface area (Å²) < 4.78 is 58.0. The second-order valence-electron chi connectivity index (χ2n) is 11.2. The monoisotopic (exact) mass is 580 g/mol. The third kappa shape index (κ3) is 4.35. The molecule has 3 aliphatic heterocycles. The van der Waals surface area contributed by atoms with Crippen LogP contribution >= 0.6 is 0 Å². The molecule has 0 spiro atoms. The number of aromatic nitrogens is 3. The van der Waals surface area contributed by atoms with Crippen LogP contribution in [0.4, 0.5) is 19.0 Å². The minimum Gasteiger partial charge on any atom is -0.508 e. The predicted molar refractivity (Wildman–Crippen MR) is 152 cm³/mol. The lowest BCUT2D eigenvalue weighted by atomic mass is 9.95. The zero-order chi connectivity index (χ0) is 29.0. The first kappa shape index (κ1) is 27.0. The van der Waals surface area contributed by atoms with Gasteiger partial charge in [-0.15, -0.1) is 0 Å². The molecule has 3 saturated heterocycles. The Morgan fingerprint density at radius 3 is 2.45 bits per heavy atom. The maximum absolute atomic E-state index is 16.6. The number of hydrogen-bond acceptors (Lipinski definition) is 9. The molecule has 0 saturated carbocycles. The van der Waals surface area contributed by atoms with E-state index in [0.29, 0.717) is 38.6 Å². The Balaban J connectivity index is 1.43. The fraction of sp³-hybridized carbons (Fsp3) is 0.433. The average molecular weight is 581 g/mol. The van der Waals surface area contributed by atoms with Crippen LogP contribution in [0.15, 0.2) is 24.3 Å². The first-order chi connectivity index (χ1) is 20.4. The van der Waals surface area contributed by atoms with Gasteiger partial charge in [0.25, 0.3) is 0 Å². The number of phenols is 1. The number of methoxy groups -OCH3 is 1. The van der Waals surface area contributed by atoms with E-state index < -0.39 is 17.5 Å². The molecular weight excluding hydrogens is 549 g/mol. The van der Waals surface area contributed by atoms with E-state index in [1.807, 2.05) is 4.90 Å². The summed E-state index contributed by atoms with van der Waals surface area (Å²) in [7, 11) is 1.39. The van der Waals surface area contributed by atoms with Gasteiger partial charge in [-0.1, -0.05) is 6.07 Å². The van der Waals surface area contributed by atoms with Crippen molar-refractivity contribution in [1.29, 1.82) is 0 Å². The molecule has 42 heavy (non-hydrogen) atoms. The van der Waals surface area contributed by atoms with Crippen molar-refractivity contribution in [2.75, 3.05) is 57.9 Å². The van der Waals surface area contributed by atoms with Crippen molar-refractivity contribution >= 4 is 27.5 Å². The average Bonchev–Trinajstić information content (AvgIpc) is 3.59. The number of pyridine rings is 1. The molecule has 2 N–H and O–H groups in total. The lowest BCUT2D eigenvalue weighted by Gasteiger charge is -2.32. The van der Waals surface area contributed by atoms with E-state index in [9.17, 15) is 9.50 Å². The number of anilines is 1. The van der Waals surface area contributed by atoms with Crippen molar-refractivity contribution < 1.29 is 27.8 Å². The van der Waals surface area contributed by atoms with Crippen LogP contribution in [0.5, 0.6) is 17.6 Å². The van der Waals surface area contributed by atoms with Crippen molar-refractivity contribution in [3.8, 4) is 28.9 Å². The lowest BCUT2D eigenvalue weighted by molar-refractivity contribution is 0.108. The van der Waals surface area contributed by atoms with Crippen LogP contribution in [0, 0.1) is 17.5 Å². The van der Waals surface area contributed by atoms with Gasteiger partial charge < -0.3 is 24.8 Å². The van der Waals surface area contributed by atoms with Gasteiger partial charge in [0.1, 0.15) is 34.8 Å². The Morgan fingerprint density at radius 2 is 1.71 bits per heavy atom. The highest BCUT2D eigenvalue weighted by atomic mass is 19.2. The number of hydrogen-bond donors (Lipinski definition) is 2. The molecule has 4 aromatic rings. The predicted octanol–water partition coefficient (Wildman–Crippen LogP) is 4.39. The molecule has 0 aliphatic carbocycles. The molecule has 2 aromatic carbocycles. The minimum atomic E-state index is -1.17. The van der Waals surface area contributed by atoms with Crippen LogP contribution in [0.2, 0.25) is 0 Å². The SMILES string of the molecule is COc1nc(-c2cc(O)cc3ccc(F)c(F)c23)c(F)c2nc(OCC34CCCN3CCC4)nc(N3CCNCC3)c12. The quantitative estimate of drug-likeness (QED) is 0.344. The summed E-state index contributed by atoms with van der Waals surface area (Å²) in [6, 6.07) is 4.74. The van der Waals surface area contributed by atoms with Crippen LogP contribution < -0.4 is 19.7 Å². The van der Waals surface area contributed by atoms with Crippen molar-refractivity contribution in [2.45, 2.75) is 31.2 Å². The number of rotatable bonds is 6. The third-order valence-corrected chi connectivity index (χ3v) is 8.85. The van der Waals surface area contributed by atoms with Gasteiger partial charge >= 0.3 is 6.01 Å². The van der Waals surface area contributed by atoms with Gasteiger partial charge in [0.15, 0.2) is 17.5 Å². The van der Waals surface area contributed by atoms with Gasteiger partial charge in [-0.2, -0.15) is 9.97 Å². The van der Waals surface area contributed by atoms with Crippen LogP contribution in [-0.2, 0) is 0 Å². The molecule has 2 aromatic heterocycles. The summed E-state index contributed by atoms with van der Waals surface area (Å²) in [5.74, 6) is -2.97. The molecule has 5 heterocycles. The Morgan fingerprint density at radius 1 is 0.952 bits per heavy atom. The first-order valence-corrected chi connectivity index (χ1v) is 14.3. The highest BCUT2D eigenvalue weighted by molar-refractivity contribution is 6.02. The van der Waals surface area contributed by atoms with Crippen LogP contribution in [0.3, 0.4) is 0 Å². The smallest absolute Gasteiger partial charge is 0.319 e. The molecule has 3 fully saturated rings. The Labute approximate surface area is 240 Å². The van der Waals surface area contributed by atoms with Crippen molar-refractivity contribution in [1.82, 2.24) is 25.2 Å². The second-order valence-corrected chi connectivity index (χ2v) is 11.2. The van der Waals surface area contributed by atoms with Crippen molar-refractivity contribution in [3.63, 3.8) is 0 Å². The number of benzene rings is 2. The molecule has 0 unspecified atom stereocenters. The number of nitrogens with one attached hydrogen (secondary N) is 1. The largest absolute Gasteiger partial charge is 0.508 e. The zero-order valence-corrected chi connectivity index (χ0v) is 23.2. The maximum Gasteiger partial charge on any atom is 0.319 e. The molecular formula is C30H31F3N6O3. The number of aromatic hydroxyl groups is 1. The highest BCUT2D eigenvalue weighted by Gasteiger charge is 2.45. The van der Waals surface area contributed by atoms with Gasteiger partial charge in [-0.3, -0.25) is 4.90 Å². The third-order valence-electron chi connectivity index (χ3n) is 8.85. The standard InChI is InChI=1S/C30H31F3N6O3/c1-41-28-22-26(24(33)25(35-28)19-15-18(40)14-17-4-5-20(31)23(32)21(17)19)36-29(37-27(22)38-12-8-34-9-13-38)42-16-30-6-2-10-39(30)11-3-7-30/h4-5,14-15,34,40H,2-3,6-13,16H2,1H3. The van der Waals surface area contributed by atoms with Gasteiger partial charge in [0.2, 0.25) is 5.88 Å². The normalized spacial score (nSPS) is 18.6. The number of phenolic OH excluding ortho intramolecular Hbond substituents is 1. The van der Waals surface area contributed by atoms with Crippen molar-refractivity contribution in [3.05, 3.63) is 41.7 Å². The molecule has 0 bridgehead atoms. The topological polar surface area (TPSA) is 95.9 Å². The van der Waals surface area contributed by atoms with E-state index in [1.54, 1.807) is 0 Å². The first-order valence-electron chi connectivity index (χ1n) is 14.3. The summed E-state index contributed by atoms with van der Waals surface area (Å²) in [6.07, 6.45) is 4.25. The fourth-order valence-corrected chi connectivity index (χ4v) is 6.83. The van der Waals surface area contributed by atoms with Gasteiger partial charge in [0, 0.05) is 37.1 Å². The summed E-state index contributed by atoms with van der Waals surface area (Å²) in [6.45, 7) is 5.08. The van der Waals surface area contributed by atoms with Gasteiger partial charge in [-0.25, -0.2) is 18.2 Å². The Hall–Kier alpha value is -3.90. The molecule has 0 atom stereocenters. The fourth-order valence-electron chi connectivity index (χ4n) is 6.83. The van der Waals surface area contributed by atoms with Crippen molar-refractivity contribution in [2.24, 2.45) is 0 Å². The summed E-state index contributed by atoms with van der Waals surface area (Å²) in [4.78, 5) is 18.1. The summed E-state index contributed by atoms with van der Waals surface area (Å²) in [5.41, 5.74) is -0.654. The zero-order valence-electron chi connectivity index (χ0n) is 23.2. The molecule has 9 nitrogen and oxygen atoms in total. The lowest BCUT2D eigenvalue weighted by Crippen LogP contribution is -2.44. The molecule has 220 valence electrons. The van der Waals surface area contributed by atoms with E-state index in [4.69, 9.17) is 14.5 Å². The van der Waals surface area contributed by atoms with E-state index in [-0.39, 0.29) is 56.1 Å². The molecule has 12 heteroatoms. The highest BCUT2D eigenvalue weighted by Crippen LogP contribution is 2.43.